The van der Waals surface area contributed by atoms with Crippen molar-refractivity contribution in [1.29, 1.82) is 0 Å². The van der Waals surface area contributed by atoms with E-state index in [1.807, 2.05) is 27.7 Å². The Kier molecular flexibility index (Phi) is 7.42. The van der Waals surface area contributed by atoms with E-state index >= 15 is 0 Å². The highest BCUT2D eigenvalue weighted by Gasteiger charge is 2.82. The van der Waals surface area contributed by atoms with E-state index in [4.69, 9.17) is 9.05 Å². The zero-order valence-corrected chi connectivity index (χ0v) is 18.8. The summed E-state index contributed by atoms with van der Waals surface area (Å²) in [5, 5.41) is 7.76. The summed E-state index contributed by atoms with van der Waals surface area (Å²) in [5.74, 6) is -0.210. The van der Waals surface area contributed by atoms with Crippen molar-refractivity contribution in [1.82, 2.24) is 0 Å². The molecule has 0 aromatic carbocycles. The van der Waals surface area contributed by atoms with Crippen molar-refractivity contribution in [3.63, 3.8) is 0 Å². The van der Waals surface area contributed by atoms with Gasteiger partial charge >= 0.3 is 15.2 Å². The lowest BCUT2D eigenvalue weighted by Crippen LogP contribution is -2.56. The van der Waals surface area contributed by atoms with E-state index in [1.54, 1.807) is 20.8 Å². The third-order valence-corrected chi connectivity index (χ3v) is 10.0. The second kappa shape index (κ2) is 7.94. The van der Waals surface area contributed by atoms with Crippen LogP contribution < -0.4 is 0 Å². The average Bonchev–Trinajstić information content (AvgIpc) is 2.60. The van der Waals surface area contributed by atoms with Gasteiger partial charge in [0.25, 0.3) is 0 Å². The summed E-state index contributed by atoms with van der Waals surface area (Å²) < 4.78 is 37.7. The first-order valence-electron chi connectivity index (χ1n) is 9.46. The molecule has 0 amide bonds. The molecule has 1 heterocycles. The summed E-state index contributed by atoms with van der Waals surface area (Å²) in [4.78, 5) is 20.8. The van der Waals surface area contributed by atoms with Gasteiger partial charge in [0.2, 0.25) is 0 Å². The maximum Gasteiger partial charge on any atom is 0.363 e. The van der Waals surface area contributed by atoms with E-state index in [0.717, 1.165) is 0 Å². The van der Waals surface area contributed by atoms with Gasteiger partial charge in [-0.2, -0.15) is 0 Å². The molecule has 3 atom stereocenters. The molecule has 1 aliphatic heterocycles. The highest BCUT2D eigenvalue weighted by Crippen LogP contribution is 2.86. The van der Waals surface area contributed by atoms with Gasteiger partial charge in [0.15, 0.2) is 10.7 Å². The van der Waals surface area contributed by atoms with Crippen LogP contribution >= 0.6 is 15.2 Å². The van der Waals surface area contributed by atoms with Gasteiger partial charge in [-0.15, -0.1) is 0 Å². The maximum atomic E-state index is 13.7. The minimum atomic E-state index is -4.91. The fraction of sp³-hybridized carbons (Fsp3) is 1.00. The van der Waals surface area contributed by atoms with E-state index in [1.165, 1.54) is 0 Å². The van der Waals surface area contributed by atoms with Crippen molar-refractivity contribution in [2.24, 2.45) is 17.3 Å². The van der Waals surface area contributed by atoms with Gasteiger partial charge in [0.1, 0.15) is 0 Å². The molecule has 3 unspecified atom stereocenters. The van der Waals surface area contributed by atoms with Crippen molar-refractivity contribution in [2.45, 2.75) is 84.8 Å². The van der Waals surface area contributed by atoms with Crippen molar-refractivity contribution < 1.29 is 33.1 Å². The molecule has 0 saturated carbocycles. The van der Waals surface area contributed by atoms with Crippen LogP contribution in [-0.2, 0) is 18.2 Å². The fourth-order valence-corrected chi connectivity index (χ4v) is 10.2. The van der Waals surface area contributed by atoms with Crippen molar-refractivity contribution in [3.8, 4) is 0 Å². The van der Waals surface area contributed by atoms with Crippen molar-refractivity contribution in [3.05, 3.63) is 0 Å². The summed E-state index contributed by atoms with van der Waals surface area (Å²) in [5.41, 5.74) is -1.39. The minimum Gasteiger partial charge on any atom is -0.377 e. The molecule has 1 aliphatic rings. The van der Waals surface area contributed by atoms with E-state index in [9.17, 15) is 24.0 Å². The van der Waals surface area contributed by atoms with Crippen LogP contribution in [0.2, 0.25) is 0 Å². The van der Waals surface area contributed by atoms with E-state index in [-0.39, 0.29) is 44.1 Å². The van der Waals surface area contributed by atoms with Crippen LogP contribution in [0.4, 0.5) is 0 Å². The van der Waals surface area contributed by atoms with Crippen LogP contribution in [0.25, 0.3) is 0 Å². The first kappa shape index (κ1) is 24.3. The number of aliphatic hydroxyl groups is 1. The molecule has 0 radical (unpaired) electrons. The number of rotatable bonds is 9. The highest BCUT2D eigenvalue weighted by molar-refractivity contribution is 7.59. The quantitative estimate of drug-likeness (QED) is 0.468. The largest absolute Gasteiger partial charge is 0.377 e. The van der Waals surface area contributed by atoms with Crippen LogP contribution in [-0.4, -0.2) is 32.2 Å². The topological polar surface area (TPSA) is 113 Å². The van der Waals surface area contributed by atoms with E-state index < -0.39 is 31.3 Å². The molecule has 0 aromatic rings. The van der Waals surface area contributed by atoms with Gasteiger partial charge in [0.05, 0.1) is 12.0 Å². The molecule has 1 fully saturated rings. The molecular formula is C17H36O7P2. The second-order valence-electron chi connectivity index (χ2n) is 8.14. The predicted molar refractivity (Wildman–Crippen MR) is 102 cm³/mol. The molecule has 1 saturated heterocycles. The Labute approximate surface area is 157 Å². The van der Waals surface area contributed by atoms with Gasteiger partial charge in [-0.05, 0) is 44.4 Å². The summed E-state index contributed by atoms with van der Waals surface area (Å²) in [6.45, 7) is 12.5. The maximum absolute atomic E-state index is 13.7. The third-order valence-electron chi connectivity index (χ3n) is 5.59. The third kappa shape index (κ3) is 3.39. The second-order valence-corrected chi connectivity index (χ2v) is 12.1. The lowest BCUT2D eigenvalue weighted by molar-refractivity contribution is -0.0907. The zero-order chi connectivity index (χ0) is 20.6. The van der Waals surface area contributed by atoms with Crippen molar-refractivity contribution in [2.75, 3.05) is 6.61 Å². The Morgan fingerprint density at radius 1 is 1.04 bits per heavy atom. The van der Waals surface area contributed by atoms with Crippen LogP contribution in [0.3, 0.4) is 0 Å². The Morgan fingerprint density at radius 2 is 1.50 bits per heavy atom. The molecule has 0 bridgehead atoms. The van der Waals surface area contributed by atoms with Gasteiger partial charge in [-0.3, -0.25) is 13.7 Å². The average molecular weight is 414 g/mol. The molecule has 0 aromatic heterocycles. The van der Waals surface area contributed by atoms with Crippen molar-refractivity contribution >= 4 is 15.2 Å². The lowest BCUT2D eigenvalue weighted by Gasteiger charge is -2.49. The first-order chi connectivity index (χ1) is 11.7. The lowest BCUT2D eigenvalue weighted by atomic mass is 9.67. The van der Waals surface area contributed by atoms with Gasteiger partial charge in [-0.1, -0.05) is 41.5 Å². The first-order valence-corrected chi connectivity index (χ1v) is 12.6. The van der Waals surface area contributed by atoms with Gasteiger partial charge < -0.3 is 19.4 Å². The predicted octanol–water partition coefficient (Wildman–Crippen LogP) is 4.71. The van der Waals surface area contributed by atoms with Gasteiger partial charge in [0, 0.05) is 0 Å². The molecule has 156 valence electrons. The van der Waals surface area contributed by atoms with Crippen LogP contribution in [0.5, 0.6) is 0 Å². The molecule has 0 spiro atoms. The SMILES string of the molecule is CCOP1(=O)OC(CC(C)C)(P(=O)(O)O)C(CC)(CC)C1(O)CC(C)C. The molecule has 9 heteroatoms. The molecular weight excluding hydrogens is 378 g/mol. The smallest absolute Gasteiger partial charge is 0.363 e. The molecule has 26 heavy (non-hydrogen) atoms. The fourth-order valence-electron chi connectivity index (χ4n) is 4.72. The Balaban J connectivity index is 3.93. The Bertz CT molecular complexity index is 582. The normalized spacial score (nSPS) is 34.8. The number of hydrogen-bond acceptors (Lipinski definition) is 5. The number of hydrogen-bond donors (Lipinski definition) is 3. The van der Waals surface area contributed by atoms with Crippen LogP contribution in [0, 0.1) is 17.3 Å². The van der Waals surface area contributed by atoms with Crippen LogP contribution in [0.1, 0.15) is 74.1 Å². The summed E-state index contributed by atoms with van der Waals surface area (Å²) in [6, 6.07) is 0. The van der Waals surface area contributed by atoms with Crippen LogP contribution in [0.15, 0.2) is 0 Å². The Hall–Kier alpha value is 0.260. The highest BCUT2D eigenvalue weighted by atomic mass is 31.2. The van der Waals surface area contributed by atoms with E-state index in [0.29, 0.717) is 0 Å². The molecule has 3 N–H and O–H groups in total. The standard InChI is InChI=1S/C17H36O7P2/c1-8-15(9-2)16(18,11-13(4)5)26(22,23-10-3)24-17(15,12-14(6)7)25(19,20)21/h13-14,18H,8-12H2,1-7H3,(H2,19,20,21). The monoisotopic (exact) mass is 414 g/mol. The molecule has 7 nitrogen and oxygen atoms in total. The summed E-state index contributed by atoms with van der Waals surface area (Å²) in [7, 11) is -9.13. The van der Waals surface area contributed by atoms with E-state index in [2.05, 4.69) is 0 Å². The Morgan fingerprint density at radius 3 is 1.81 bits per heavy atom. The minimum absolute atomic E-state index is 0.0140. The molecule has 1 rings (SSSR count). The van der Waals surface area contributed by atoms with Gasteiger partial charge in [-0.25, -0.2) is 0 Å². The summed E-state index contributed by atoms with van der Waals surface area (Å²) in [6.07, 6.45) is 0.478. The zero-order valence-electron chi connectivity index (χ0n) is 17.1. The summed E-state index contributed by atoms with van der Waals surface area (Å²) >= 11 is 0. The molecule has 0 aliphatic carbocycles.